The second kappa shape index (κ2) is 6.86. The van der Waals surface area contributed by atoms with Gasteiger partial charge in [0.05, 0.1) is 11.2 Å². The molecule has 5 nitrogen and oxygen atoms in total. The Kier molecular flexibility index (Phi) is 4.53. The first-order valence-electron chi connectivity index (χ1n) is 9.63. The summed E-state index contributed by atoms with van der Waals surface area (Å²) in [6.45, 7) is 1.76. The van der Waals surface area contributed by atoms with Crippen LogP contribution >= 0.6 is 0 Å². The molecular formula is C22H24N2O3. The van der Waals surface area contributed by atoms with Crippen molar-refractivity contribution in [2.45, 2.75) is 38.5 Å². The lowest BCUT2D eigenvalue weighted by Gasteiger charge is -2.35. The minimum absolute atomic E-state index is 0.00530. The Morgan fingerprint density at radius 2 is 2.00 bits per heavy atom. The number of aromatic amines is 1. The van der Waals surface area contributed by atoms with Crippen LogP contribution in [-0.4, -0.2) is 35.6 Å². The van der Waals surface area contributed by atoms with E-state index in [1.54, 1.807) is 12.1 Å². The number of pyridine rings is 1. The molecule has 1 spiro atoms. The number of aromatic nitrogens is 1. The van der Waals surface area contributed by atoms with E-state index in [1.165, 1.54) is 12.8 Å². The second-order valence-electron chi connectivity index (χ2n) is 7.82. The SMILES string of the molecule is C#Cc1c(N2CCC3(CC2)CC3)c2cc(C(=O)CCCO)ccc2[nH]c1=O. The third-order valence-corrected chi connectivity index (χ3v) is 6.11. The fourth-order valence-corrected chi connectivity index (χ4v) is 4.18. The maximum atomic E-state index is 12.5. The van der Waals surface area contributed by atoms with Crippen molar-refractivity contribution in [3.8, 4) is 12.3 Å². The highest BCUT2D eigenvalue weighted by molar-refractivity contribution is 6.03. The molecule has 2 heterocycles. The number of fused-ring (bicyclic) bond motifs is 1. The van der Waals surface area contributed by atoms with E-state index < -0.39 is 0 Å². The molecule has 1 saturated heterocycles. The minimum Gasteiger partial charge on any atom is -0.396 e. The van der Waals surface area contributed by atoms with E-state index in [9.17, 15) is 9.59 Å². The summed E-state index contributed by atoms with van der Waals surface area (Å²) in [5, 5.41) is 9.80. The summed E-state index contributed by atoms with van der Waals surface area (Å²) >= 11 is 0. The lowest BCUT2D eigenvalue weighted by molar-refractivity contribution is 0.0971. The largest absolute Gasteiger partial charge is 0.396 e. The average Bonchev–Trinajstić information content (AvgIpc) is 3.44. The van der Waals surface area contributed by atoms with Gasteiger partial charge in [0.1, 0.15) is 5.56 Å². The number of nitrogens with one attached hydrogen (secondary N) is 1. The summed E-state index contributed by atoms with van der Waals surface area (Å²) in [4.78, 5) is 30.0. The molecule has 5 heteroatoms. The van der Waals surface area contributed by atoms with Gasteiger partial charge in [-0.3, -0.25) is 9.59 Å². The summed E-state index contributed by atoms with van der Waals surface area (Å²) in [5.74, 6) is 2.56. The zero-order valence-electron chi connectivity index (χ0n) is 15.4. The van der Waals surface area contributed by atoms with Crippen molar-refractivity contribution in [1.82, 2.24) is 4.98 Å². The monoisotopic (exact) mass is 364 g/mol. The topological polar surface area (TPSA) is 73.4 Å². The molecule has 0 unspecified atom stereocenters. The van der Waals surface area contributed by atoms with Gasteiger partial charge in [-0.15, -0.1) is 6.42 Å². The smallest absolute Gasteiger partial charge is 0.266 e. The van der Waals surface area contributed by atoms with Crippen molar-refractivity contribution in [3.63, 3.8) is 0 Å². The number of nitrogens with zero attached hydrogens (tertiary/aromatic N) is 1. The predicted octanol–water partition coefficient (Wildman–Crippen LogP) is 2.85. The molecule has 0 bridgehead atoms. The first-order chi connectivity index (χ1) is 13.1. The number of hydrogen-bond acceptors (Lipinski definition) is 4. The van der Waals surface area contributed by atoms with Gasteiger partial charge in [0.15, 0.2) is 5.78 Å². The van der Waals surface area contributed by atoms with E-state index >= 15 is 0 Å². The average molecular weight is 364 g/mol. The van der Waals surface area contributed by atoms with Crippen LogP contribution in [0.4, 0.5) is 5.69 Å². The zero-order valence-corrected chi connectivity index (χ0v) is 15.4. The Labute approximate surface area is 158 Å². The van der Waals surface area contributed by atoms with Gasteiger partial charge in [-0.25, -0.2) is 0 Å². The molecule has 2 aromatic rings. The van der Waals surface area contributed by atoms with Crippen LogP contribution in [-0.2, 0) is 0 Å². The predicted molar refractivity (Wildman–Crippen MR) is 106 cm³/mol. The number of terminal acetylenes is 1. The fourth-order valence-electron chi connectivity index (χ4n) is 4.18. The standard InChI is InChI=1S/C22H24N2O3/c1-2-16-20(24-11-9-22(7-8-22)10-12-24)17-14-15(19(26)4-3-13-25)5-6-18(17)23-21(16)27/h1,5-6,14,25H,3-4,7-13H2,(H,23,27). The Morgan fingerprint density at radius 3 is 2.63 bits per heavy atom. The van der Waals surface area contributed by atoms with Gasteiger partial charge >= 0.3 is 0 Å². The van der Waals surface area contributed by atoms with Crippen LogP contribution in [0.3, 0.4) is 0 Å². The number of hydrogen-bond donors (Lipinski definition) is 2. The molecule has 4 rings (SSSR count). The number of H-pyrrole nitrogens is 1. The molecule has 2 N–H and O–H groups in total. The lowest BCUT2D eigenvalue weighted by atomic mass is 9.92. The molecule has 1 aliphatic heterocycles. The first kappa shape index (κ1) is 17.8. The van der Waals surface area contributed by atoms with E-state index in [0.717, 1.165) is 37.0 Å². The number of piperidine rings is 1. The van der Waals surface area contributed by atoms with E-state index in [-0.39, 0.29) is 17.9 Å². The van der Waals surface area contributed by atoms with Crippen LogP contribution in [0.5, 0.6) is 0 Å². The van der Waals surface area contributed by atoms with Crippen LogP contribution in [0.25, 0.3) is 10.9 Å². The van der Waals surface area contributed by atoms with Gasteiger partial charge in [-0.1, -0.05) is 5.92 Å². The summed E-state index contributed by atoms with van der Waals surface area (Å²) in [6, 6.07) is 5.34. The number of aliphatic hydroxyl groups is 1. The van der Waals surface area contributed by atoms with Crippen LogP contribution in [0.15, 0.2) is 23.0 Å². The number of ketones is 1. The zero-order chi connectivity index (χ0) is 19.0. The van der Waals surface area contributed by atoms with Crippen molar-refractivity contribution >= 4 is 22.4 Å². The van der Waals surface area contributed by atoms with Crippen molar-refractivity contribution in [1.29, 1.82) is 0 Å². The maximum Gasteiger partial charge on any atom is 0.266 e. The van der Waals surface area contributed by atoms with Crippen molar-refractivity contribution < 1.29 is 9.90 Å². The number of Topliss-reactive ketones (excluding diaryl/α,β-unsaturated/α-hetero) is 1. The Bertz CT molecular complexity index is 985. The van der Waals surface area contributed by atoms with Crippen LogP contribution in [0.1, 0.15) is 54.4 Å². The molecule has 140 valence electrons. The van der Waals surface area contributed by atoms with E-state index in [2.05, 4.69) is 15.8 Å². The molecule has 1 saturated carbocycles. The molecule has 27 heavy (non-hydrogen) atoms. The Morgan fingerprint density at radius 1 is 1.26 bits per heavy atom. The van der Waals surface area contributed by atoms with Gasteiger partial charge in [-0.2, -0.15) is 0 Å². The third kappa shape index (κ3) is 3.26. The summed E-state index contributed by atoms with van der Waals surface area (Å²) < 4.78 is 0. The summed E-state index contributed by atoms with van der Waals surface area (Å²) in [6.07, 6.45) is 11.3. The first-order valence-corrected chi connectivity index (χ1v) is 9.63. The van der Waals surface area contributed by atoms with Crippen LogP contribution in [0.2, 0.25) is 0 Å². The fraction of sp³-hybridized carbons (Fsp3) is 0.455. The molecular weight excluding hydrogens is 340 g/mol. The van der Waals surface area contributed by atoms with Gasteiger partial charge in [0, 0.05) is 37.1 Å². The van der Waals surface area contributed by atoms with Crippen molar-refractivity contribution in [2.75, 3.05) is 24.6 Å². The second-order valence-corrected chi connectivity index (χ2v) is 7.82. The number of carbonyl (C=O) groups is 1. The van der Waals surface area contributed by atoms with Crippen molar-refractivity contribution in [2.24, 2.45) is 5.41 Å². The highest BCUT2D eigenvalue weighted by atomic mass is 16.3. The molecule has 0 radical (unpaired) electrons. The van der Waals surface area contributed by atoms with Crippen LogP contribution < -0.4 is 10.5 Å². The normalized spacial score (nSPS) is 17.9. The third-order valence-electron chi connectivity index (χ3n) is 6.11. The highest BCUT2D eigenvalue weighted by Gasteiger charge is 2.44. The number of anilines is 1. The van der Waals surface area contributed by atoms with Crippen molar-refractivity contribution in [3.05, 3.63) is 39.7 Å². The summed E-state index contributed by atoms with van der Waals surface area (Å²) in [7, 11) is 0. The molecule has 0 atom stereocenters. The molecule has 0 amide bonds. The van der Waals surface area contributed by atoms with Gasteiger partial charge in [0.2, 0.25) is 0 Å². The lowest BCUT2D eigenvalue weighted by Crippen LogP contribution is -2.36. The molecule has 1 aromatic heterocycles. The summed E-state index contributed by atoms with van der Waals surface area (Å²) in [5.41, 5.74) is 2.67. The van der Waals surface area contributed by atoms with E-state index in [4.69, 9.17) is 11.5 Å². The van der Waals surface area contributed by atoms with Crippen LogP contribution in [0, 0.1) is 17.8 Å². The minimum atomic E-state index is -0.258. The quantitative estimate of drug-likeness (QED) is 0.632. The highest BCUT2D eigenvalue weighted by Crippen LogP contribution is 2.54. The number of rotatable bonds is 5. The number of aliphatic hydroxyl groups excluding tert-OH is 1. The van der Waals surface area contributed by atoms with Gasteiger partial charge in [0.25, 0.3) is 5.56 Å². The maximum absolute atomic E-state index is 12.5. The Balaban J connectivity index is 1.79. The van der Waals surface area contributed by atoms with E-state index in [1.807, 2.05) is 6.07 Å². The molecule has 2 aliphatic rings. The number of benzene rings is 1. The Hall–Kier alpha value is -2.58. The van der Waals surface area contributed by atoms with Gasteiger partial charge < -0.3 is 15.0 Å². The molecule has 1 aliphatic carbocycles. The van der Waals surface area contributed by atoms with E-state index in [0.29, 0.717) is 34.9 Å². The number of carbonyl (C=O) groups excluding carboxylic acids is 1. The van der Waals surface area contributed by atoms with Gasteiger partial charge in [-0.05, 0) is 55.7 Å². The molecule has 1 aromatic carbocycles. The molecule has 2 fully saturated rings.